The van der Waals surface area contributed by atoms with Crippen LogP contribution in [0.25, 0.3) is 0 Å². The Hall–Kier alpha value is -2.50. The first-order chi connectivity index (χ1) is 10.2. The third-order valence-electron chi connectivity index (χ3n) is 3.73. The summed E-state index contributed by atoms with van der Waals surface area (Å²) in [5.74, 6) is 0.451. The molecule has 6 nitrogen and oxygen atoms in total. The van der Waals surface area contributed by atoms with Gasteiger partial charge in [0.25, 0.3) is 0 Å². The number of pyridine rings is 1. The zero-order chi connectivity index (χ0) is 14.7. The van der Waals surface area contributed by atoms with Gasteiger partial charge in [-0.25, -0.2) is 9.78 Å². The molecule has 1 fully saturated rings. The number of carbonyl (C=O) groups is 1. The summed E-state index contributed by atoms with van der Waals surface area (Å²) in [5, 5.41) is 9.00. The second kappa shape index (κ2) is 5.87. The fraction of sp³-hybridized carbons (Fsp3) is 0.333. The summed E-state index contributed by atoms with van der Waals surface area (Å²) in [4.78, 5) is 25.6. The molecule has 0 spiro atoms. The van der Waals surface area contributed by atoms with E-state index in [-0.39, 0.29) is 5.56 Å². The second-order valence-corrected chi connectivity index (χ2v) is 5.26. The van der Waals surface area contributed by atoms with Crippen LogP contribution >= 0.6 is 0 Å². The van der Waals surface area contributed by atoms with Crippen molar-refractivity contribution in [2.24, 2.45) is 5.92 Å². The lowest BCUT2D eigenvalue weighted by Gasteiger charge is -2.16. The molecule has 6 heteroatoms. The number of anilines is 1. The molecule has 1 unspecified atom stereocenters. The standard InChI is InChI=1S/C15H16N4O2/c20-15(21)13-6-12(7-17-8-13)5-11-1-4-19(10-11)14-9-16-2-3-18-14/h2-3,6-9,11H,1,4-5,10H2,(H,20,21). The van der Waals surface area contributed by atoms with E-state index in [0.717, 1.165) is 37.3 Å². The quantitative estimate of drug-likeness (QED) is 0.919. The van der Waals surface area contributed by atoms with Crippen molar-refractivity contribution >= 4 is 11.8 Å². The van der Waals surface area contributed by atoms with Crippen LogP contribution in [0, 0.1) is 5.92 Å². The minimum absolute atomic E-state index is 0.247. The van der Waals surface area contributed by atoms with E-state index < -0.39 is 5.97 Å². The van der Waals surface area contributed by atoms with Crippen molar-refractivity contribution < 1.29 is 9.90 Å². The van der Waals surface area contributed by atoms with Gasteiger partial charge in [0, 0.05) is 37.9 Å². The highest BCUT2D eigenvalue weighted by Gasteiger charge is 2.24. The van der Waals surface area contributed by atoms with Crippen molar-refractivity contribution in [2.75, 3.05) is 18.0 Å². The van der Waals surface area contributed by atoms with Crippen LogP contribution in [-0.2, 0) is 6.42 Å². The molecule has 1 aliphatic rings. The third-order valence-corrected chi connectivity index (χ3v) is 3.73. The molecule has 1 aliphatic heterocycles. The molecule has 1 saturated heterocycles. The van der Waals surface area contributed by atoms with E-state index in [0.29, 0.717) is 5.92 Å². The minimum atomic E-state index is -0.933. The summed E-state index contributed by atoms with van der Waals surface area (Å²) >= 11 is 0. The van der Waals surface area contributed by atoms with Gasteiger partial charge >= 0.3 is 5.97 Å². The van der Waals surface area contributed by atoms with Gasteiger partial charge in [-0.3, -0.25) is 9.97 Å². The van der Waals surface area contributed by atoms with Crippen molar-refractivity contribution in [1.29, 1.82) is 0 Å². The Morgan fingerprint density at radius 3 is 2.95 bits per heavy atom. The highest BCUT2D eigenvalue weighted by Crippen LogP contribution is 2.24. The lowest BCUT2D eigenvalue weighted by atomic mass is 9.99. The molecule has 0 saturated carbocycles. The van der Waals surface area contributed by atoms with E-state index in [1.54, 1.807) is 30.9 Å². The Morgan fingerprint density at radius 2 is 2.19 bits per heavy atom. The van der Waals surface area contributed by atoms with Gasteiger partial charge in [0.15, 0.2) is 0 Å². The van der Waals surface area contributed by atoms with Gasteiger partial charge < -0.3 is 10.0 Å². The number of hydrogen-bond donors (Lipinski definition) is 1. The van der Waals surface area contributed by atoms with Crippen molar-refractivity contribution in [1.82, 2.24) is 15.0 Å². The van der Waals surface area contributed by atoms with E-state index in [2.05, 4.69) is 19.9 Å². The molecular weight excluding hydrogens is 268 g/mol. The zero-order valence-corrected chi connectivity index (χ0v) is 11.5. The largest absolute Gasteiger partial charge is 0.478 e. The smallest absolute Gasteiger partial charge is 0.337 e. The van der Waals surface area contributed by atoms with Crippen LogP contribution in [0.2, 0.25) is 0 Å². The molecule has 108 valence electrons. The maximum Gasteiger partial charge on any atom is 0.337 e. The summed E-state index contributed by atoms with van der Waals surface area (Å²) in [7, 11) is 0. The van der Waals surface area contributed by atoms with Crippen molar-refractivity contribution in [3.8, 4) is 0 Å². The van der Waals surface area contributed by atoms with Gasteiger partial charge in [-0.2, -0.15) is 0 Å². The van der Waals surface area contributed by atoms with E-state index in [4.69, 9.17) is 5.11 Å². The predicted molar refractivity (Wildman–Crippen MR) is 77.3 cm³/mol. The highest BCUT2D eigenvalue weighted by atomic mass is 16.4. The van der Waals surface area contributed by atoms with Gasteiger partial charge in [0.1, 0.15) is 5.82 Å². The Balaban J connectivity index is 1.65. The summed E-state index contributed by atoms with van der Waals surface area (Å²) in [6.07, 6.45) is 10.2. The van der Waals surface area contributed by atoms with Crippen LogP contribution in [-0.4, -0.2) is 39.1 Å². The minimum Gasteiger partial charge on any atom is -0.478 e. The molecule has 1 N–H and O–H groups in total. The first-order valence-corrected chi connectivity index (χ1v) is 6.90. The summed E-state index contributed by atoms with van der Waals surface area (Å²) in [6, 6.07) is 1.71. The Kier molecular flexibility index (Phi) is 3.77. The summed E-state index contributed by atoms with van der Waals surface area (Å²) < 4.78 is 0. The number of nitrogens with zero attached hydrogens (tertiary/aromatic N) is 4. The van der Waals surface area contributed by atoms with Crippen LogP contribution in [0.4, 0.5) is 5.82 Å². The SMILES string of the molecule is O=C(O)c1cncc(CC2CCN(c3cnccn3)C2)c1. The number of rotatable bonds is 4. The van der Waals surface area contributed by atoms with Crippen molar-refractivity contribution in [3.05, 3.63) is 48.2 Å². The van der Waals surface area contributed by atoms with Gasteiger partial charge in [-0.1, -0.05) is 0 Å². The van der Waals surface area contributed by atoms with E-state index in [9.17, 15) is 4.79 Å². The van der Waals surface area contributed by atoms with Crippen molar-refractivity contribution in [2.45, 2.75) is 12.8 Å². The maximum absolute atomic E-state index is 11.0. The fourth-order valence-corrected chi connectivity index (χ4v) is 2.71. The monoisotopic (exact) mass is 284 g/mol. The number of carboxylic acids is 1. The number of carboxylic acid groups (broad SMARTS) is 1. The molecule has 3 rings (SSSR count). The van der Waals surface area contributed by atoms with Gasteiger partial charge in [0.05, 0.1) is 11.8 Å². The van der Waals surface area contributed by atoms with Crippen molar-refractivity contribution in [3.63, 3.8) is 0 Å². The van der Waals surface area contributed by atoms with Crippen LogP contribution in [0.15, 0.2) is 37.1 Å². The second-order valence-electron chi connectivity index (χ2n) is 5.26. The van der Waals surface area contributed by atoms with E-state index in [1.165, 1.54) is 6.20 Å². The molecule has 3 heterocycles. The number of hydrogen-bond acceptors (Lipinski definition) is 5. The summed E-state index contributed by atoms with van der Waals surface area (Å²) in [6.45, 7) is 1.87. The van der Waals surface area contributed by atoms with Crippen LogP contribution in [0.5, 0.6) is 0 Å². The molecule has 0 aromatic carbocycles. The molecule has 0 bridgehead atoms. The first-order valence-electron chi connectivity index (χ1n) is 6.90. The Bertz CT molecular complexity index is 633. The normalized spacial score (nSPS) is 17.9. The molecule has 21 heavy (non-hydrogen) atoms. The topological polar surface area (TPSA) is 79.2 Å². The van der Waals surface area contributed by atoms with Crippen LogP contribution in [0.3, 0.4) is 0 Å². The molecular formula is C15H16N4O2. The lowest BCUT2D eigenvalue weighted by Crippen LogP contribution is -2.21. The zero-order valence-electron chi connectivity index (χ0n) is 11.5. The van der Waals surface area contributed by atoms with Gasteiger partial charge in [-0.05, 0) is 30.4 Å². The highest BCUT2D eigenvalue weighted by molar-refractivity contribution is 5.87. The number of aromatic nitrogens is 3. The molecule has 0 amide bonds. The Labute approximate surface area is 122 Å². The molecule has 2 aromatic heterocycles. The molecule has 0 aliphatic carbocycles. The van der Waals surface area contributed by atoms with E-state index in [1.807, 2.05) is 0 Å². The van der Waals surface area contributed by atoms with Gasteiger partial charge in [0.2, 0.25) is 0 Å². The average Bonchev–Trinajstić information content (AvgIpc) is 2.97. The van der Waals surface area contributed by atoms with Crippen LogP contribution < -0.4 is 4.90 Å². The van der Waals surface area contributed by atoms with E-state index >= 15 is 0 Å². The predicted octanol–water partition coefficient (Wildman–Crippen LogP) is 1.64. The molecule has 2 aromatic rings. The summed E-state index contributed by atoms with van der Waals surface area (Å²) in [5.41, 5.74) is 1.22. The lowest BCUT2D eigenvalue weighted by molar-refractivity contribution is 0.0696. The molecule has 0 radical (unpaired) electrons. The maximum atomic E-state index is 11.0. The first kappa shape index (κ1) is 13.5. The van der Waals surface area contributed by atoms with Crippen LogP contribution in [0.1, 0.15) is 22.3 Å². The Morgan fingerprint density at radius 1 is 1.29 bits per heavy atom. The fourth-order valence-electron chi connectivity index (χ4n) is 2.71. The molecule has 1 atom stereocenters. The third kappa shape index (κ3) is 3.16. The van der Waals surface area contributed by atoms with Gasteiger partial charge in [-0.15, -0.1) is 0 Å². The average molecular weight is 284 g/mol. The number of aromatic carboxylic acids is 1.